The maximum absolute atomic E-state index is 13.0. The van der Waals surface area contributed by atoms with Gasteiger partial charge in [0.25, 0.3) is 0 Å². The molecular weight excluding hydrogens is 387 g/mol. The number of carboxylic acids is 1. The van der Waals surface area contributed by atoms with Crippen LogP contribution in [0.4, 0.5) is 13.2 Å². The van der Waals surface area contributed by atoms with Crippen LogP contribution in [0.25, 0.3) is 0 Å². The van der Waals surface area contributed by atoms with Crippen molar-refractivity contribution in [1.82, 2.24) is 15.1 Å². The second-order valence-corrected chi connectivity index (χ2v) is 8.27. The number of alkyl halides is 3. The summed E-state index contributed by atoms with van der Waals surface area (Å²) in [7, 11) is 0. The Labute approximate surface area is 166 Å². The molecule has 6 nitrogen and oxygen atoms in total. The largest absolute Gasteiger partial charge is 0.481 e. The predicted octanol–water partition coefficient (Wildman–Crippen LogP) is 3.20. The number of allylic oxidation sites excluding steroid dienone is 2. The van der Waals surface area contributed by atoms with E-state index in [1.165, 1.54) is 4.68 Å². The van der Waals surface area contributed by atoms with Crippen LogP contribution in [0, 0.1) is 23.7 Å². The molecule has 0 unspecified atom stereocenters. The van der Waals surface area contributed by atoms with Crippen LogP contribution >= 0.6 is 0 Å². The first kappa shape index (κ1) is 20.0. The second kappa shape index (κ2) is 7.50. The van der Waals surface area contributed by atoms with Gasteiger partial charge in [0.1, 0.15) is 0 Å². The highest BCUT2D eigenvalue weighted by molar-refractivity contribution is 5.86. The monoisotopic (exact) mass is 411 g/mol. The highest BCUT2D eigenvalue weighted by Gasteiger charge is 2.48. The molecule has 0 radical (unpaired) electrons. The highest BCUT2D eigenvalue weighted by Crippen LogP contribution is 2.45. The molecule has 0 aliphatic heterocycles. The van der Waals surface area contributed by atoms with E-state index in [2.05, 4.69) is 10.4 Å². The molecule has 0 saturated heterocycles. The van der Waals surface area contributed by atoms with E-state index in [9.17, 15) is 27.9 Å². The van der Waals surface area contributed by atoms with Crippen LogP contribution in [0.15, 0.2) is 18.2 Å². The van der Waals surface area contributed by atoms with E-state index in [1.54, 1.807) is 0 Å². The third-order valence-corrected chi connectivity index (χ3v) is 6.28. The fourth-order valence-corrected chi connectivity index (χ4v) is 4.70. The lowest BCUT2D eigenvalue weighted by Crippen LogP contribution is -2.49. The zero-order valence-electron chi connectivity index (χ0n) is 15.9. The van der Waals surface area contributed by atoms with Crippen molar-refractivity contribution in [3.05, 3.63) is 29.6 Å². The van der Waals surface area contributed by atoms with Gasteiger partial charge in [-0.2, -0.15) is 18.3 Å². The van der Waals surface area contributed by atoms with Gasteiger partial charge in [0.05, 0.1) is 11.8 Å². The first-order valence-electron chi connectivity index (χ1n) is 10.1. The lowest BCUT2D eigenvalue weighted by Gasteiger charge is -2.41. The number of aromatic nitrogens is 2. The predicted molar refractivity (Wildman–Crippen MR) is 96.8 cm³/mol. The molecule has 4 aliphatic rings. The number of amides is 1. The van der Waals surface area contributed by atoms with Gasteiger partial charge in [-0.3, -0.25) is 14.3 Å². The van der Waals surface area contributed by atoms with E-state index in [4.69, 9.17) is 0 Å². The lowest BCUT2D eigenvalue weighted by atomic mass is 9.62. The van der Waals surface area contributed by atoms with Gasteiger partial charge < -0.3 is 10.4 Å². The van der Waals surface area contributed by atoms with Crippen LogP contribution in [0.5, 0.6) is 0 Å². The summed E-state index contributed by atoms with van der Waals surface area (Å²) in [6, 6.07) is 1.12. The minimum Gasteiger partial charge on any atom is -0.481 e. The molecule has 2 bridgehead atoms. The van der Waals surface area contributed by atoms with Crippen molar-refractivity contribution < 1.29 is 27.9 Å². The van der Waals surface area contributed by atoms with Gasteiger partial charge in [-0.25, -0.2) is 0 Å². The number of rotatable bonds is 7. The smallest absolute Gasteiger partial charge is 0.435 e. The van der Waals surface area contributed by atoms with Crippen molar-refractivity contribution in [1.29, 1.82) is 0 Å². The number of carbonyl (C=O) groups is 2. The third-order valence-electron chi connectivity index (χ3n) is 6.28. The maximum atomic E-state index is 13.0. The minimum atomic E-state index is -4.47. The first-order chi connectivity index (χ1) is 13.8. The molecule has 2 N–H and O–H groups in total. The molecule has 29 heavy (non-hydrogen) atoms. The van der Waals surface area contributed by atoms with Gasteiger partial charge in [-0.15, -0.1) is 0 Å². The number of fused-ring (bicyclic) bond motifs is 2. The molecule has 9 heteroatoms. The maximum Gasteiger partial charge on any atom is 0.435 e. The van der Waals surface area contributed by atoms with E-state index < -0.39 is 29.7 Å². The Kier molecular flexibility index (Phi) is 5.16. The number of halogens is 3. The summed E-state index contributed by atoms with van der Waals surface area (Å²) in [5, 5.41) is 16.0. The van der Waals surface area contributed by atoms with E-state index in [1.807, 2.05) is 12.2 Å². The van der Waals surface area contributed by atoms with Crippen LogP contribution in [-0.2, 0) is 22.3 Å². The fraction of sp³-hybridized carbons (Fsp3) is 0.650. The lowest BCUT2D eigenvalue weighted by molar-refractivity contribution is -0.153. The standard InChI is InChI=1S/C20H24F3N3O3/c21-20(22,23)15-10-14(11-2-3-11)26(25-15)9-1-8-24-18(27)16-12-4-6-13(7-5-12)17(16)19(28)29/h4,6,10-13,16-17H,1-3,5,7-9H2,(H,24,27)(H,28,29)/t12-,13-,16-,17+/m0/s1. The molecule has 5 rings (SSSR count). The summed E-state index contributed by atoms with van der Waals surface area (Å²) in [6.45, 7) is 0.551. The van der Waals surface area contributed by atoms with Crippen molar-refractivity contribution in [3.63, 3.8) is 0 Å². The van der Waals surface area contributed by atoms with Crippen molar-refractivity contribution in [2.75, 3.05) is 6.54 Å². The Morgan fingerprint density at radius 3 is 2.34 bits per heavy atom. The zero-order chi connectivity index (χ0) is 20.8. The van der Waals surface area contributed by atoms with Crippen molar-refractivity contribution >= 4 is 11.9 Å². The molecule has 0 spiro atoms. The summed E-state index contributed by atoms with van der Waals surface area (Å²) >= 11 is 0. The van der Waals surface area contributed by atoms with Crippen molar-refractivity contribution in [2.24, 2.45) is 23.7 Å². The van der Waals surface area contributed by atoms with E-state index in [-0.39, 0.29) is 36.8 Å². The number of carboxylic acid groups (broad SMARTS) is 1. The average molecular weight is 411 g/mol. The van der Waals surface area contributed by atoms with Gasteiger partial charge in [-0.05, 0) is 50.0 Å². The molecule has 1 aromatic heterocycles. The molecule has 4 atom stereocenters. The molecule has 158 valence electrons. The quantitative estimate of drug-likeness (QED) is 0.533. The van der Waals surface area contributed by atoms with Crippen LogP contribution in [0.3, 0.4) is 0 Å². The highest BCUT2D eigenvalue weighted by atomic mass is 19.4. The minimum absolute atomic E-state index is 0.0666. The van der Waals surface area contributed by atoms with Gasteiger partial charge in [0, 0.05) is 24.7 Å². The summed E-state index contributed by atoms with van der Waals surface area (Å²) in [5.41, 5.74) is -0.276. The van der Waals surface area contributed by atoms with Crippen LogP contribution in [0.2, 0.25) is 0 Å². The average Bonchev–Trinajstić information content (AvgIpc) is 3.43. The van der Waals surface area contributed by atoms with Crippen molar-refractivity contribution in [3.8, 4) is 0 Å². The SMILES string of the molecule is O=C(NCCCn1nc(C(F)(F)F)cc1C1CC1)[C@@H]1[C@H](C(=O)O)[C@H]2C=C[C@H]1CC2. The Balaban J connectivity index is 1.34. The van der Waals surface area contributed by atoms with E-state index >= 15 is 0 Å². The molecule has 0 aromatic carbocycles. The molecule has 1 aromatic rings. The van der Waals surface area contributed by atoms with Gasteiger partial charge in [0.2, 0.25) is 5.91 Å². The number of nitrogens with one attached hydrogen (secondary N) is 1. The number of carbonyl (C=O) groups excluding carboxylic acids is 1. The molecule has 1 amide bonds. The van der Waals surface area contributed by atoms with E-state index in [0.29, 0.717) is 12.1 Å². The number of hydrogen-bond acceptors (Lipinski definition) is 3. The second-order valence-electron chi connectivity index (χ2n) is 8.27. The van der Waals surface area contributed by atoms with Crippen molar-refractivity contribution in [2.45, 2.75) is 50.7 Å². The van der Waals surface area contributed by atoms with Crippen LogP contribution in [0.1, 0.15) is 49.4 Å². The number of aryl methyl sites for hydroxylation is 1. The number of nitrogens with zero attached hydrogens (tertiary/aromatic N) is 2. The topological polar surface area (TPSA) is 84.2 Å². The fourth-order valence-electron chi connectivity index (χ4n) is 4.70. The molecule has 4 aliphatic carbocycles. The Morgan fingerprint density at radius 1 is 1.14 bits per heavy atom. The first-order valence-corrected chi connectivity index (χ1v) is 10.1. The normalized spacial score (nSPS) is 28.5. The molecule has 1 heterocycles. The van der Waals surface area contributed by atoms with Crippen LogP contribution in [-0.4, -0.2) is 33.3 Å². The third kappa shape index (κ3) is 4.04. The number of aliphatic carboxylic acids is 1. The Morgan fingerprint density at radius 2 is 1.79 bits per heavy atom. The Hall–Kier alpha value is -2.32. The van der Waals surface area contributed by atoms with Gasteiger partial charge in [0.15, 0.2) is 5.69 Å². The summed E-state index contributed by atoms with van der Waals surface area (Å²) in [5.74, 6) is -2.57. The Bertz CT molecular complexity index is 829. The number of hydrogen-bond donors (Lipinski definition) is 2. The summed E-state index contributed by atoms with van der Waals surface area (Å²) in [4.78, 5) is 24.3. The van der Waals surface area contributed by atoms with E-state index in [0.717, 1.165) is 31.7 Å². The zero-order valence-corrected chi connectivity index (χ0v) is 15.9. The molecule has 2 fully saturated rings. The van der Waals surface area contributed by atoms with Crippen LogP contribution < -0.4 is 5.32 Å². The summed E-state index contributed by atoms with van der Waals surface area (Å²) < 4.78 is 40.3. The molecule has 2 saturated carbocycles. The summed E-state index contributed by atoms with van der Waals surface area (Å²) in [6.07, 6.45) is 3.14. The van der Waals surface area contributed by atoms with Gasteiger partial charge in [-0.1, -0.05) is 12.2 Å². The van der Waals surface area contributed by atoms with Gasteiger partial charge >= 0.3 is 12.1 Å². The molecular formula is C20H24F3N3O3.